The van der Waals surface area contributed by atoms with E-state index in [-0.39, 0.29) is 12.0 Å². The molecule has 0 bridgehead atoms. The molecule has 2 N–H and O–H groups in total. The summed E-state index contributed by atoms with van der Waals surface area (Å²) in [4.78, 5) is 11.1. The van der Waals surface area contributed by atoms with Crippen LogP contribution in [-0.4, -0.2) is 19.1 Å². The predicted octanol–water partition coefficient (Wildman–Crippen LogP) is 2.43. The molecule has 0 radical (unpaired) electrons. The van der Waals surface area contributed by atoms with Gasteiger partial charge in [-0.2, -0.15) is 0 Å². The molecule has 1 unspecified atom stereocenters. The van der Waals surface area contributed by atoms with Crippen LogP contribution in [0.2, 0.25) is 0 Å². The van der Waals surface area contributed by atoms with Crippen molar-refractivity contribution in [2.75, 3.05) is 7.11 Å². The number of ether oxygens (including phenoxy) is 1. The topological polar surface area (TPSA) is 52.3 Å². The minimum absolute atomic E-state index is 0.00389. The lowest BCUT2D eigenvalue weighted by Gasteiger charge is -2.16. The molecule has 1 aromatic rings. The third-order valence-electron chi connectivity index (χ3n) is 3.25. The Kier molecular flexibility index (Phi) is 5.35. The summed E-state index contributed by atoms with van der Waals surface area (Å²) in [7, 11) is 1.40. The van der Waals surface area contributed by atoms with Crippen molar-refractivity contribution < 1.29 is 9.53 Å². The number of benzene rings is 1. The van der Waals surface area contributed by atoms with Crippen LogP contribution in [0.1, 0.15) is 35.1 Å². The number of methoxy groups -OCH3 is 1. The van der Waals surface area contributed by atoms with Crippen LogP contribution in [0.5, 0.6) is 0 Å². The van der Waals surface area contributed by atoms with Crippen LogP contribution in [0.15, 0.2) is 12.1 Å². The first-order valence-electron chi connectivity index (χ1n) is 6.33. The zero-order chi connectivity index (χ0) is 13.7. The molecule has 3 heteroatoms. The maximum absolute atomic E-state index is 11.1. The second-order valence-electron chi connectivity index (χ2n) is 4.96. The summed E-state index contributed by atoms with van der Waals surface area (Å²) in [6, 6.07) is 4.36. The van der Waals surface area contributed by atoms with Gasteiger partial charge in [-0.1, -0.05) is 17.7 Å². The van der Waals surface area contributed by atoms with Gasteiger partial charge in [0.15, 0.2) is 0 Å². The van der Waals surface area contributed by atoms with E-state index < -0.39 is 0 Å². The van der Waals surface area contributed by atoms with Crippen LogP contribution in [-0.2, 0) is 16.0 Å². The highest BCUT2D eigenvalue weighted by atomic mass is 16.5. The average molecular weight is 249 g/mol. The van der Waals surface area contributed by atoms with Crippen molar-refractivity contribution in [3.05, 3.63) is 34.4 Å². The van der Waals surface area contributed by atoms with E-state index in [1.54, 1.807) is 0 Å². The summed E-state index contributed by atoms with van der Waals surface area (Å²) in [6.07, 6.45) is 1.87. The molecule has 0 aromatic heterocycles. The zero-order valence-corrected chi connectivity index (χ0v) is 11.7. The maximum Gasteiger partial charge on any atom is 0.305 e. The Morgan fingerprint density at radius 2 is 1.83 bits per heavy atom. The van der Waals surface area contributed by atoms with Crippen LogP contribution in [0.3, 0.4) is 0 Å². The quantitative estimate of drug-likeness (QED) is 0.815. The van der Waals surface area contributed by atoms with Gasteiger partial charge >= 0.3 is 5.97 Å². The largest absolute Gasteiger partial charge is 0.469 e. The van der Waals surface area contributed by atoms with E-state index in [0.29, 0.717) is 12.8 Å². The molecule has 0 aliphatic heterocycles. The van der Waals surface area contributed by atoms with E-state index >= 15 is 0 Å². The molecule has 1 rings (SSSR count). The summed E-state index contributed by atoms with van der Waals surface area (Å²) in [5.74, 6) is -0.192. The molecular formula is C15H23NO2. The van der Waals surface area contributed by atoms with Gasteiger partial charge in [0.05, 0.1) is 7.11 Å². The van der Waals surface area contributed by atoms with Crippen molar-refractivity contribution in [3.8, 4) is 0 Å². The Hall–Kier alpha value is -1.35. The number of rotatable bonds is 5. The monoisotopic (exact) mass is 249 g/mol. The maximum atomic E-state index is 11.1. The van der Waals surface area contributed by atoms with Crippen LogP contribution >= 0.6 is 0 Å². The van der Waals surface area contributed by atoms with E-state index in [9.17, 15) is 4.79 Å². The minimum Gasteiger partial charge on any atom is -0.469 e. The lowest BCUT2D eigenvalue weighted by atomic mass is 9.93. The van der Waals surface area contributed by atoms with Gasteiger partial charge in [-0.3, -0.25) is 4.79 Å². The highest BCUT2D eigenvalue weighted by Gasteiger charge is 2.11. The van der Waals surface area contributed by atoms with Gasteiger partial charge in [0.1, 0.15) is 0 Å². The van der Waals surface area contributed by atoms with Gasteiger partial charge in [-0.15, -0.1) is 0 Å². The first-order valence-corrected chi connectivity index (χ1v) is 6.33. The summed E-state index contributed by atoms with van der Waals surface area (Å²) < 4.78 is 4.62. The van der Waals surface area contributed by atoms with Crippen molar-refractivity contribution in [2.24, 2.45) is 5.73 Å². The summed E-state index contributed by atoms with van der Waals surface area (Å²) in [5.41, 5.74) is 11.2. The molecular weight excluding hydrogens is 226 g/mol. The second kappa shape index (κ2) is 6.55. The van der Waals surface area contributed by atoms with Crippen LogP contribution < -0.4 is 5.73 Å². The zero-order valence-electron chi connectivity index (χ0n) is 11.7. The van der Waals surface area contributed by atoms with Gasteiger partial charge in [-0.25, -0.2) is 0 Å². The van der Waals surface area contributed by atoms with Crippen LogP contribution in [0, 0.1) is 20.8 Å². The molecule has 100 valence electrons. The Balaban J connectivity index is 2.64. The Morgan fingerprint density at radius 1 is 1.28 bits per heavy atom. The number of esters is 1. The number of hydrogen-bond donors (Lipinski definition) is 1. The number of aryl methyl sites for hydroxylation is 3. The number of carbonyl (C=O) groups excluding carboxylic acids is 1. The van der Waals surface area contributed by atoms with Gasteiger partial charge in [0, 0.05) is 12.5 Å². The van der Waals surface area contributed by atoms with Crippen molar-refractivity contribution in [2.45, 2.75) is 46.1 Å². The predicted molar refractivity (Wildman–Crippen MR) is 73.6 cm³/mol. The first-order chi connectivity index (χ1) is 8.43. The highest BCUT2D eigenvalue weighted by Crippen LogP contribution is 2.18. The third kappa shape index (κ3) is 4.15. The van der Waals surface area contributed by atoms with Gasteiger partial charge in [0.2, 0.25) is 0 Å². The Bertz CT molecular complexity index is 403. The molecule has 3 nitrogen and oxygen atoms in total. The summed E-state index contributed by atoms with van der Waals surface area (Å²) in [6.45, 7) is 6.33. The Labute approximate surface area is 109 Å². The Morgan fingerprint density at radius 3 is 2.33 bits per heavy atom. The average Bonchev–Trinajstić information content (AvgIpc) is 2.30. The molecule has 1 aromatic carbocycles. The van der Waals surface area contributed by atoms with Gasteiger partial charge in [-0.05, 0) is 50.3 Å². The molecule has 0 saturated heterocycles. The van der Waals surface area contributed by atoms with E-state index in [0.717, 1.165) is 6.42 Å². The van der Waals surface area contributed by atoms with E-state index in [2.05, 4.69) is 37.6 Å². The van der Waals surface area contributed by atoms with Gasteiger partial charge in [0.25, 0.3) is 0 Å². The molecule has 0 spiro atoms. The molecule has 0 saturated carbocycles. The molecule has 0 aliphatic carbocycles. The van der Waals surface area contributed by atoms with E-state index in [4.69, 9.17) is 5.73 Å². The minimum atomic E-state index is -0.192. The smallest absolute Gasteiger partial charge is 0.305 e. The lowest BCUT2D eigenvalue weighted by Crippen LogP contribution is -2.25. The fourth-order valence-corrected chi connectivity index (χ4v) is 2.30. The molecule has 0 heterocycles. The van der Waals surface area contributed by atoms with Crippen molar-refractivity contribution in [1.82, 2.24) is 0 Å². The highest BCUT2D eigenvalue weighted by molar-refractivity contribution is 5.69. The first kappa shape index (κ1) is 14.7. The fourth-order valence-electron chi connectivity index (χ4n) is 2.30. The van der Waals surface area contributed by atoms with E-state index in [1.165, 1.54) is 29.4 Å². The standard InChI is InChI=1S/C15H23NO2/c1-10-7-11(2)14(12(3)8-10)9-13(16)5-6-15(17)18-4/h7-8,13H,5-6,9,16H2,1-4H3. The van der Waals surface area contributed by atoms with E-state index in [1.807, 2.05) is 0 Å². The van der Waals surface area contributed by atoms with Crippen LogP contribution in [0.4, 0.5) is 0 Å². The second-order valence-corrected chi connectivity index (χ2v) is 4.96. The van der Waals surface area contributed by atoms with Crippen molar-refractivity contribution in [1.29, 1.82) is 0 Å². The molecule has 0 amide bonds. The molecule has 18 heavy (non-hydrogen) atoms. The van der Waals surface area contributed by atoms with Crippen molar-refractivity contribution in [3.63, 3.8) is 0 Å². The molecule has 1 atom stereocenters. The lowest BCUT2D eigenvalue weighted by molar-refractivity contribution is -0.140. The summed E-state index contributed by atoms with van der Waals surface area (Å²) in [5, 5.41) is 0. The SMILES string of the molecule is COC(=O)CCC(N)Cc1c(C)cc(C)cc1C. The normalized spacial score (nSPS) is 12.3. The third-order valence-corrected chi connectivity index (χ3v) is 3.25. The number of nitrogens with two attached hydrogens (primary N) is 1. The molecule has 0 fully saturated rings. The van der Waals surface area contributed by atoms with Gasteiger partial charge < -0.3 is 10.5 Å². The van der Waals surface area contributed by atoms with Crippen LogP contribution in [0.25, 0.3) is 0 Å². The van der Waals surface area contributed by atoms with Crippen molar-refractivity contribution >= 4 is 5.97 Å². The fraction of sp³-hybridized carbons (Fsp3) is 0.533. The number of hydrogen-bond acceptors (Lipinski definition) is 3. The summed E-state index contributed by atoms with van der Waals surface area (Å²) >= 11 is 0. The number of carbonyl (C=O) groups is 1. The molecule has 0 aliphatic rings.